The molecule has 0 aliphatic rings. The lowest BCUT2D eigenvalue weighted by atomic mass is 9.94. The van der Waals surface area contributed by atoms with Crippen molar-refractivity contribution in [2.45, 2.75) is 0 Å². The number of hydrogen-bond acceptors (Lipinski definition) is 2. The second-order valence-electron chi connectivity index (χ2n) is 16.7. The first kappa shape index (κ1) is 36.8. The molecule has 0 amide bonds. The predicted molar refractivity (Wildman–Crippen MR) is 270 cm³/mol. The molecule has 0 aliphatic heterocycles. The third-order valence-electron chi connectivity index (χ3n) is 12.9. The number of imidazole rings is 1. The van der Waals surface area contributed by atoms with E-state index in [1.54, 1.807) is 0 Å². The minimum Gasteiger partial charge on any atom is -0.354 e. The molecule has 0 fully saturated rings. The van der Waals surface area contributed by atoms with Gasteiger partial charge in [-0.1, -0.05) is 164 Å². The molecule has 0 unspecified atom stereocenters. The molecule has 0 bridgehead atoms. The highest BCUT2D eigenvalue weighted by atomic mass is 15.1. The number of para-hydroxylation sites is 4. The summed E-state index contributed by atoms with van der Waals surface area (Å²) in [5.41, 5.74) is 17.4. The highest BCUT2D eigenvalue weighted by Gasteiger charge is 2.23. The third kappa shape index (κ3) is 6.01. The summed E-state index contributed by atoms with van der Waals surface area (Å²) in [6, 6.07) is 80.1. The number of pyridine rings is 1. The molecule has 13 aromatic rings. The Kier molecular flexibility index (Phi) is 8.46. The quantitative estimate of drug-likeness (QED) is 0.174. The first-order valence-corrected chi connectivity index (χ1v) is 22.1. The van der Waals surface area contributed by atoms with Gasteiger partial charge in [-0.25, -0.2) is 9.97 Å². The number of aromatic amines is 1. The predicted octanol–water partition coefficient (Wildman–Crippen LogP) is 15.5. The molecule has 304 valence electrons. The normalized spacial score (nSPS) is 11.7. The number of aromatic nitrogens is 5. The Balaban J connectivity index is 1.10. The van der Waals surface area contributed by atoms with Crippen molar-refractivity contribution in [1.29, 1.82) is 0 Å². The molecule has 0 radical (unpaired) electrons. The van der Waals surface area contributed by atoms with Gasteiger partial charge in [0.05, 0.1) is 27.6 Å². The lowest BCUT2D eigenvalue weighted by molar-refractivity contribution is 1.08. The standard InChI is InChI=1S/C60H39N5/c1-5-17-39(18-6-1)42-33-34-61-56(38-42)65-54-36-43(31-32-49(54)57-51(41-21-9-3-10-22-41)35-44(37-55(57)65)40-19-7-2-8-20-40)46-26-16-30-53-59(46)63-60(64(53)45-23-11-4-12-24-45)50-28-15-27-48-47-25-13-14-29-52(47)62-58(48)50/h1-38,62H. The van der Waals surface area contributed by atoms with Crippen LogP contribution in [0.4, 0.5) is 0 Å². The lowest BCUT2D eigenvalue weighted by Crippen LogP contribution is -1.98. The van der Waals surface area contributed by atoms with E-state index in [0.29, 0.717) is 0 Å². The van der Waals surface area contributed by atoms with Gasteiger partial charge >= 0.3 is 0 Å². The van der Waals surface area contributed by atoms with Crippen LogP contribution >= 0.6 is 0 Å². The average molecular weight is 830 g/mol. The molecular weight excluding hydrogens is 791 g/mol. The van der Waals surface area contributed by atoms with Gasteiger partial charge in [0.1, 0.15) is 11.6 Å². The Labute approximate surface area is 375 Å². The van der Waals surface area contributed by atoms with Crippen molar-refractivity contribution >= 4 is 54.6 Å². The van der Waals surface area contributed by atoms with Crippen LogP contribution in [-0.2, 0) is 0 Å². The fourth-order valence-corrected chi connectivity index (χ4v) is 9.96. The summed E-state index contributed by atoms with van der Waals surface area (Å²) in [6.07, 6.45) is 1.94. The van der Waals surface area contributed by atoms with Gasteiger partial charge in [-0.2, -0.15) is 0 Å². The Bertz CT molecular complexity index is 3920. The maximum atomic E-state index is 5.63. The van der Waals surface area contributed by atoms with E-state index in [-0.39, 0.29) is 0 Å². The largest absolute Gasteiger partial charge is 0.354 e. The monoisotopic (exact) mass is 829 g/mol. The van der Waals surface area contributed by atoms with Crippen LogP contribution in [0.3, 0.4) is 0 Å². The maximum absolute atomic E-state index is 5.63. The molecule has 0 saturated carbocycles. The van der Waals surface area contributed by atoms with Crippen molar-refractivity contribution < 1.29 is 0 Å². The van der Waals surface area contributed by atoms with Gasteiger partial charge in [0.25, 0.3) is 0 Å². The van der Waals surface area contributed by atoms with E-state index in [1.165, 1.54) is 21.7 Å². The zero-order chi connectivity index (χ0) is 42.8. The minimum absolute atomic E-state index is 0.855. The fraction of sp³-hybridized carbons (Fsp3) is 0. The van der Waals surface area contributed by atoms with Crippen molar-refractivity contribution in [2.24, 2.45) is 0 Å². The summed E-state index contributed by atoms with van der Waals surface area (Å²) < 4.78 is 4.68. The van der Waals surface area contributed by atoms with Crippen LogP contribution in [0.1, 0.15) is 0 Å². The van der Waals surface area contributed by atoms with E-state index in [4.69, 9.17) is 9.97 Å². The van der Waals surface area contributed by atoms with E-state index in [0.717, 1.165) is 100 Å². The molecule has 0 saturated heterocycles. The van der Waals surface area contributed by atoms with Gasteiger partial charge in [0.2, 0.25) is 0 Å². The molecule has 4 aromatic heterocycles. The molecule has 0 aliphatic carbocycles. The first-order chi connectivity index (χ1) is 32.2. The summed E-state index contributed by atoms with van der Waals surface area (Å²) in [5.74, 6) is 1.74. The maximum Gasteiger partial charge on any atom is 0.147 e. The Morgan fingerprint density at radius 1 is 0.369 bits per heavy atom. The average Bonchev–Trinajstić information content (AvgIpc) is 4.07. The van der Waals surface area contributed by atoms with Crippen LogP contribution in [0.2, 0.25) is 0 Å². The van der Waals surface area contributed by atoms with Gasteiger partial charge in [-0.15, -0.1) is 0 Å². The topological polar surface area (TPSA) is 51.4 Å². The molecular formula is C60H39N5. The Morgan fingerprint density at radius 3 is 1.80 bits per heavy atom. The van der Waals surface area contributed by atoms with Crippen molar-refractivity contribution in [3.05, 3.63) is 231 Å². The van der Waals surface area contributed by atoms with E-state index in [2.05, 4.69) is 239 Å². The number of H-pyrrole nitrogens is 1. The van der Waals surface area contributed by atoms with Gasteiger partial charge in [-0.3, -0.25) is 9.13 Å². The van der Waals surface area contributed by atoms with Gasteiger partial charge in [-0.05, 0) is 99.6 Å². The zero-order valence-corrected chi connectivity index (χ0v) is 35.2. The van der Waals surface area contributed by atoms with E-state index < -0.39 is 0 Å². The highest BCUT2D eigenvalue weighted by molar-refractivity contribution is 6.18. The molecule has 4 heterocycles. The van der Waals surface area contributed by atoms with E-state index >= 15 is 0 Å². The molecule has 0 spiro atoms. The molecule has 9 aromatic carbocycles. The summed E-state index contributed by atoms with van der Waals surface area (Å²) in [7, 11) is 0. The van der Waals surface area contributed by atoms with E-state index in [9.17, 15) is 0 Å². The number of rotatable bonds is 7. The van der Waals surface area contributed by atoms with Crippen LogP contribution in [0, 0.1) is 0 Å². The summed E-state index contributed by atoms with van der Waals surface area (Å²) in [5, 5.41) is 4.72. The number of nitrogens with zero attached hydrogens (tertiary/aromatic N) is 4. The van der Waals surface area contributed by atoms with Gasteiger partial charge in [0, 0.05) is 50.1 Å². The zero-order valence-electron chi connectivity index (χ0n) is 35.2. The van der Waals surface area contributed by atoms with Gasteiger partial charge < -0.3 is 4.98 Å². The molecule has 0 atom stereocenters. The Hall–Kier alpha value is -8.80. The van der Waals surface area contributed by atoms with Crippen molar-refractivity contribution in [2.75, 3.05) is 0 Å². The van der Waals surface area contributed by atoms with Crippen molar-refractivity contribution in [3.8, 4) is 67.4 Å². The van der Waals surface area contributed by atoms with E-state index in [1.807, 2.05) is 6.20 Å². The molecule has 65 heavy (non-hydrogen) atoms. The molecule has 1 N–H and O–H groups in total. The van der Waals surface area contributed by atoms with Crippen LogP contribution < -0.4 is 0 Å². The smallest absolute Gasteiger partial charge is 0.147 e. The minimum atomic E-state index is 0.855. The molecule has 13 rings (SSSR count). The van der Waals surface area contributed by atoms with Crippen molar-refractivity contribution in [3.63, 3.8) is 0 Å². The SMILES string of the molecule is c1ccc(-c2ccnc(-n3c4cc(-c5cccc6c5nc(-c5cccc7c5[nH]c5ccccc57)n6-c5ccccc5)ccc4c4c(-c5ccccc5)cc(-c5ccccc5)cc43)c2)cc1. The van der Waals surface area contributed by atoms with Crippen LogP contribution in [0.25, 0.3) is 122 Å². The molecule has 5 nitrogen and oxygen atoms in total. The fourth-order valence-electron chi connectivity index (χ4n) is 9.96. The summed E-state index contributed by atoms with van der Waals surface area (Å²) in [6.45, 7) is 0. The lowest BCUT2D eigenvalue weighted by Gasteiger charge is -2.13. The summed E-state index contributed by atoms with van der Waals surface area (Å²) in [4.78, 5) is 14.5. The summed E-state index contributed by atoms with van der Waals surface area (Å²) >= 11 is 0. The van der Waals surface area contributed by atoms with Gasteiger partial charge in [0.15, 0.2) is 0 Å². The number of fused-ring (bicyclic) bond motifs is 7. The second-order valence-corrected chi connectivity index (χ2v) is 16.7. The highest BCUT2D eigenvalue weighted by Crippen LogP contribution is 2.44. The number of nitrogens with one attached hydrogen (secondary N) is 1. The molecule has 5 heteroatoms. The second kappa shape index (κ2) is 14.9. The Morgan fingerprint density at radius 2 is 1.02 bits per heavy atom. The first-order valence-electron chi connectivity index (χ1n) is 22.1. The number of benzene rings is 9. The van der Waals surface area contributed by atoms with Crippen LogP contribution in [0.15, 0.2) is 231 Å². The van der Waals surface area contributed by atoms with Crippen LogP contribution in [0.5, 0.6) is 0 Å². The van der Waals surface area contributed by atoms with Crippen molar-refractivity contribution in [1.82, 2.24) is 24.1 Å². The van der Waals surface area contributed by atoms with Crippen LogP contribution in [-0.4, -0.2) is 24.1 Å². The number of hydrogen-bond donors (Lipinski definition) is 1. The third-order valence-corrected chi connectivity index (χ3v) is 12.9.